The molecule has 1 aliphatic heterocycles. The van der Waals surface area contributed by atoms with Crippen molar-refractivity contribution in [2.45, 2.75) is 12.6 Å². The largest absolute Gasteiger partial charge is 0.371 e. The molecule has 11 heavy (non-hydrogen) atoms. The topological polar surface area (TPSA) is 54.1 Å². The van der Waals surface area contributed by atoms with E-state index in [1.807, 2.05) is 6.07 Å². The molecule has 0 bridgehead atoms. The summed E-state index contributed by atoms with van der Waals surface area (Å²) in [7, 11) is 0. The van der Waals surface area contributed by atoms with Gasteiger partial charge in [0.25, 0.3) is 0 Å². The van der Waals surface area contributed by atoms with E-state index in [-0.39, 0.29) is 0 Å². The van der Waals surface area contributed by atoms with Gasteiger partial charge in [0, 0.05) is 6.20 Å². The van der Waals surface area contributed by atoms with Gasteiger partial charge in [-0.3, -0.25) is 4.68 Å². The number of nitriles is 1. The summed E-state index contributed by atoms with van der Waals surface area (Å²) in [5, 5.41) is 12.4. The van der Waals surface area contributed by atoms with Gasteiger partial charge in [0.1, 0.15) is 12.2 Å². The standard InChI is InChI=1S/C7H7N3O/c8-1-6-2-9-10(3-6)4-7-5-11-7/h2-3,7H,4-5H2/t7-/m1/s1. The van der Waals surface area contributed by atoms with Gasteiger partial charge in [0.05, 0.1) is 24.9 Å². The Morgan fingerprint density at radius 1 is 1.91 bits per heavy atom. The van der Waals surface area contributed by atoms with E-state index < -0.39 is 0 Å². The maximum atomic E-state index is 8.47. The van der Waals surface area contributed by atoms with E-state index in [2.05, 4.69) is 5.10 Å². The zero-order valence-corrected chi connectivity index (χ0v) is 5.90. The normalized spacial score (nSPS) is 21.2. The molecule has 1 aliphatic rings. The molecule has 0 unspecified atom stereocenters. The van der Waals surface area contributed by atoms with E-state index in [4.69, 9.17) is 10.00 Å². The van der Waals surface area contributed by atoms with Crippen LogP contribution in [0.15, 0.2) is 12.4 Å². The molecule has 4 heteroatoms. The van der Waals surface area contributed by atoms with Crippen LogP contribution in [0.3, 0.4) is 0 Å². The van der Waals surface area contributed by atoms with E-state index in [0.29, 0.717) is 11.7 Å². The molecule has 0 spiro atoms. The Morgan fingerprint density at radius 3 is 3.27 bits per heavy atom. The molecule has 0 saturated carbocycles. The van der Waals surface area contributed by atoms with Crippen molar-refractivity contribution in [2.24, 2.45) is 0 Å². The van der Waals surface area contributed by atoms with Gasteiger partial charge in [0.2, 0.25) is 0 Å². The maximum absolute atomic E-state index is 8.47. The average Bonchev–Trinajstić information content (AvgIpc) is 2.68. The summed E-state index contributed by atoms with van der Waals surface area (Å²) in [5.74, 6) is 0. The van der Waals surface area contributed by atoms with Crippen molar-refractivity contribution in [3.05, 3.63) is 18.0 Å². The van der Waals surface area contributed by atoms with E-state index in [1.165, 1.54) is 0 Å². The molecule has 0 amide bonds. The van der Waals surface area contributed by atoms with E-state index in [1.54, 1.807) is 17.1 Å². The van der Waals surface area contributed by atoms with Crippen molar-refractivity contribution in [3.8, 4) is 6.07 Å². The fourth-order valence-electron chi connectivity index (χ4n) is 0.903. The highest BCUT2D eigenvalue weighted by atomic mass is 16.6. The molecule has 1 fully saturated rings. The van der Waals surface area contributed by atoms with Crippen LogP contribution in [0.4, 0.5) is 0 Å². The van der Waals surface area contributed by atoms with Crippen LogP contribution in [0, 0.1) is 11.3 Å². The summed E-state index contributed by atoms with van der Waals surface area (Å²) in [4.78, 5) is 0. The Labute approximate surface area is 64.0 Å². The second-order valence-corrected chi connectivity index (χ2v) is 2.52. The minimum Gasteiger partial charge on any atom is -0.371 e. The first-order valence-corrected chi connectivity index (χ1v) is 3.42. The van der Waals surface area contributed by atoms with Gasteiger partial charge in [-0.1, -0.05) is 0 Å². The van der Waals surface area contributed by atoms with Crippen LogP contribution in [-0.2, 0) is 11.3 Å². The molecule has 0 radical (unpaired) electrons. The maximum Gasteiger partial charge on any atom is 0.102 e. The monoisotopic (exact) mass is 149 g/mol. The van der Waals surface area contributed by atoms with Crippen molar-refractivity contribution in [2.75, 3.05) is 6.61 Å². The number of aromatic nitrogens is 2. The van der Waals surface area contributed by atoms with Crippen LogP contribution in [-0.4, -0.2) is 22.5 Å². The van der Waals surface area contributed by atoms with Crippen LogP contribution in [0.2, 0.25) is 0 Å². The van der Waals surface area contributed by atoms with Crippen molar-refractivity contribution < 1.29 is 4.74 Å². The van der Waals surface area contributed by atoms with Gasteiger partial charge in [-0.05, 0) is 0 Å². The molecular formula is C7H7N3O. The third-order valence-corrected chi connectivity index (χ3v) is 1.56. The third-order valence-electron chi connectivity index (χ3n) is 1.56. The number of hydrogen-bond donors (Lipinski definition) is 0. The SMILES string of the molecule is N#Cc1cnn(C[C@@H]2CO2)c1. The van der Waals surface area contributed by atoms with Gasteiger partial charge in [-0.2, -0.15) is 10.4 Å². The smallest absolute Gasteiger partial charge is 0.102 e. The summed E-state index contributed by atoms with van der Waals surface area (Å²) in [5.41, 5.74) is 0.602. The summed E-state index contributed by atoms with van der Waals surface area (Å²) in [6.45, 7) is 1.59. The summed E-state index contributed by atoms with van der Waals surface area (Å²) >= 11 is 0. The molecule has 0 aliphatic carbocycles. The predicted octanol–water partition coefficient (Wildman–Crippen LogP) is 0.154. The highest BCUT2D eigenvalue weighted by molar-refractivity contribution is 5.21. The Kier molecular flexibility index (Phi) is 1.37. The molecule has 1 saturated heterocycles. The van der Waals surface area contributed by atoms with Crippen LogP contribution in [0.1, 0.15) is 5.56 Å². The van der Waals surface area contributed by atoms with Gasteiger partial charge in [0.15, 0.2) is 0 Å². The first-order chi connectivity index (χ1) is 5.38. The molecule has 0 aromatic carbocycles. The zero-order valence-electron chi connectivity index (χ0n) is 5.90. The first-order valence-electron chi connectivity index (χ1n) is 3.42. The lowest BCUT2D eigenvalue weighted by molar-refractivity contribution is 0.373. The second-order valence-electron chi connectivity index (χ2n) is 2.52. The number of nitrogens with zero attached hydrogens (tertiary/aromatic N) is 3. The van der Waals surface area contributed by atoms with Gasteiger partial charge >= 0.3 is 0 Å². The molecule has 1 aromatic heterocycles. The van der Waals surface area contributed by atoms with E-state index in [0.717, 1.165) is 13.2 Å². The lowest BCUT2D eigenvalue weighted by atomic mass is 10.4. The first kappa shape index (κ1) is 6.38. The Hall–Kier alpha value is -1.34. The summed E-state index contributed by atoms with van der Waals surface area (Å²) in [6.07, 6.45) is 3.60. The van der Waals surface area contributed by atoms with E-state index >= 15 is 0 Å². The molecule has 2 heterocycles. The van der Waals surface area contributed by atoms with Gasteiger partial charge < -0.3 is 4.74 Å². The quantitative estimate of drug-likeness (QED) is 0.562. The van der Waals surface area contributed by atoms with Crippen molar-refractivity contribution in [1.82, 2.24) is 9.78 Å². The number of ether oxygens (including phenoxy) is 1. The minimum atomic E-state index is 0.321. The lowest BCUT2D eigenvalue weighted by Crippen LogP contribution is -2.03. The highest BCUT2D eigenvalue weighted by Gasteiger charge is 2.22. The van der Waals surface area contributed by atoms with Crippen LogP contribution < -0.4 is 0 Å². The van der Waals surface area contributed by atoms with Crippen molar-refractivity contribution in [3.63, 3.8) is 0 Å². The number of hydrogen-bond acceptors (Lipinski definition) is 3. The minimum absolute atomic E-state index is 0.321. The van der Waals surface area contributed by atoms with Crippen LogP contribution in [0.5, 0.6) is 0 Å². The van der Waals surface area contributed by atoms with E-state index in [9.17, 15) is 0 Å². The fourth-order valence-corrected chi connectivity index (χ4v) is 0.903. The second kappa shape index (κ2) is 2.36. The molecule has 1 atom stereocenters. The fraction of sp³-hybridized carbons (Fsp3) is 0.429. The molecular weight excluding hydrogens is 142 g/mol. The average molecular weight is 149 g/mol. The Balaban J connectivity index is 2.07. The molecule has 0 N–H and O–H groups in total. The van der Waals surface area contributed by atoms with Crippen LogP contribution >= 0.6 is 0 Å². The van der Waals surface area contributed by atoms with Gasteiger partial charge in [-0.25, -0.2) is 0 Å². The van der Waals surface area contributed by atoms with Crippen molar-refractivity contribution in [1.29, 1.82) is 5.26 Å². The summed E-state index contributed by atoms with van der Waals surface area (Å²) < 4.78 is 6.74. The summed E-state index contributed by atoms with van der Waals surface area (Å²) in [6, 6.07) is 2.02. The zero-order chi connectivity index (χ0) is 7.68. The third kappa shape index (κ3) is 1.38. The number of rotatable bonds is 2. The Bertz CT molecular complexity index is 295. The predicted molar refractivity (Wildman–Crippen MR) is 36.7 cm³/mol. The molecule has 4 nitrogen and oxygen atoms in total. The molecule has 1 aromatic rings. The molecule has 2 rings (SSSR count). The number of epoxide rings is 1. The van der Waals surface area contributed by atoms with Crippen LogP contribution in [0.25, 0.3) is 0 Å². The van der Waals surface area contributed by atoms with Crippen molar-refractivity contribution >= 4 is 0 Å². The highest BCUT2D eigenvalue weighted by Crippen LogP contribution is 2.11. The Morgan fingerprint density at radius 2 is 2.73 bits per heavy atom. The van der Waals surface area contributed by atoms with Gasteiger partial charge in [-0.15, -0.1) is 0 Å². The lowest BCUT2D eigenvalue weighted by Gasteiger charge is -1.93. The molecule has 56 valence electrons.